The number of hydrogen-bond donors (Lipinski definition) is 0. The second-order valence-corrected chi connectivity index (χ2v) is 9.17. The largest absolute Gasteiger partial charge is 0.493 e. The van der Waals surface area contributed by atoms with Gasteiger partial charge in [-0.25, -0.2) is 9.69 Å². The van der Waals surface area contributed by atoms with Gasteiger partial charge in [-0.2, -0.15) is 0 Å². The van der Waals surface area contributed by atoms with Crippen LogP contribution in [0.1, 0.15) is 38.9 Å². The number of carbonyl (C=O) groups excluding carboxylic acids is 4. The van der Waals surface area contributed by atoms with Crippen molar-refractivity contribution in [1.82, 2.24) is 4.90 Å². The Kier molecular flexibility index (Phi) is 7.88. The number of thiophene rings is 1. The lowest BCUT2D eigenvalue weighted by Crippen LogP contribution is -2.45. The fourth-order valence-corrected chi connectivity index (χ4v) is 4.82. The Bertz CT molecular complexity index is 1300. The maximum atomic E-state index is 13.7. The molecule has 2 heterocycles. The lowest BCUT2D eigenvalue weighted by atomic mass is 10.1. The standard InChI is InChI=1S/C27H26N2O7S/c1-4-36-27(33)17-7-10-19(11-8-17)29-24(30)15-21(26(29)32)28(16-20-6-5-13-37-20)25(31)18-9-12-22(34-2)23(14-18)35-3/h5-14,21H,4,15-16H2,1-3H3. The van der Waals surface area contributed by atoms with E-state index in [4.69, 9.17) is 14.2 Å². The van der Waals surface area contributed by atoms with Gasteiger partial charge in [0.1, 0.15) is 6.04 Å². The molecule has 1 saturated heterocycles. The van der Waals surface area contributed by atoms with E-state index in [0.717, 1.165) is 9.78 Å². The molecule has 0 bridgehead atoms. The van der Waals surface area contributed by atoms with Crippen molar-refractivity contribution in [3.8, 4) is 11.5 Å². The molecule has 2 aromatic carbocycles. The molecule has 0 N–H and O–H groups in total. The van der Waals surface area contributed by atoms with Crippen LogP contribution in [0, 0.1) is 0 Å². The summed E-state index contributed by atoms with van der Waals surface area (Å²) in [4.78, 5) is 55.6. The molecule has 1 aliphatic heterocycles. The number of hydrogen-bond acceptors (Lipinski definition) is 8. The smallest absolute Gasteiger partial charge is 0.338 e. The van der Waals surface area contributed by atoms with Crippen LogP contribution in [0.2, 0.25) is 0 Å². The molecule has 10 heteroatoms. The lowest BCUT2D eigenvalue weighted by Gasteiger charge is -2.27. The third kappa shape index (κ3) is 5.34. The Morgan fingerprint density at radius 1 is 1.00 bits per heavy atom. The minimum absolute atomic E-state index is 0.157. The molecule has 4 rings (SSSR count). The highest BCUT2D eigenvalue weighted by molar-refractivity contribution is 7.09. The summed E-state index contributed by atoms with van der Waals surface area (Å²) in [6, 6.07) is 13.5. The fraction of sp³-hybridized carbons (Fsp3) is 0.259. The summed E-state index contributed by atoms with van der Waals surface area (Å²) in [7, 11) is 2.97. The minimum Gasteiger partial charge on any atom is -0.493 e. The van der Waals surface area contributed by atoms with E-state index in [-0.39, 0.29) is 19.6 Å². The second kappa shape index (κ2) is 11.3. The van der Waals surface area contributed by atoms with Gasteiger partial charge in [-0.3, -0.25) is 14.4 Å². The highest BCUT2D eigenvalue weighted by atomic mass is 32.1. The zero-order valence-corrected chi connectivity index (χ0v) is 21.4. The SMILES string of the molecule is CCOC(=O)c1ccc(N2C(=O)CC(N(Cc3cccs3)C(=O)c3ccc(OC)c(OC)c3)C2=O)cc1. The molecule has 3 aromatic rings. The number of carbonyl (C=O) groups is 4. The van der Waals surface area contributed by atoms with E-state index < -0.39 is 29.7 Å². The van der Waals surface area contributed by atoms with Crippen LogP contribution in [0.4, 0.5) is 5.69 Å². The van der Waals surface area contributed by atoms with Crippen LogP contribution >= 0.6 is 11.3 Å². The number of rotatable bonds is 9. The van der Waals surface area contributed by atoms with Gasteiger partial charge in [0.25, 0.3) is 11.8 Å². The van der Waals surface area contributed by atoms with E-state index in [1.807, 2.05) is 17.5 Å². The maximum Gasteiger partial charge on any atom is 0.338 e. The molecule has 9 nitrogen and oxygen atoms in total. The average molecular weight is 523 g/mol. The van der Waals surface area contributed by atoms with E-state index in [0.29, 0.717) is 28.3 Å². The fourth-order valence-electron chi connectivity index (χ4n) is 4.12. The molecule has 192 valence electrons. The van der Waals surface area contributed by atoms with Crippen molar-refractivity contribution >= 4 is 40.7 Å². The number of anilines is 1. The number of imide groups is 1. The number of amides is 3. The number of ether oxygens (including phenoxy) is 3. The van der Waals surface area contributed by atoms with E-state index in [9.17, 15) is 19.2 Å². The summed E-state index contributed by atoms with van der Waals surface area (Å²) in [5.74, 6) is -1.02. The van der Waals surface area contributed by atoms with Crippen molar-refractivity contribution in [2.24, 2.45) is 0 Å². The van der Waals surface area contributed by atoms with Gasteiger partial charge in [-0.05, 0) is 60.8 Å². The van der Waals surface area contributed by atoms with Crippen LogP contribution in [-0.2, 0) is 20.9 Å². The second-order valence-electron chi connectivity index (χ2n) is 8.14. The Balaban J connectivity index is 1.64. The van der Waals surface area contributed by atoms with Gasteiger partial charge >= 0.3 is 5.97 Å². The first-order valence-corrected chi connectivity index (χ1v) is 12.4. The van der Waals surface area contributed by atoms with E-state index in [1.54, 1.807) is 25.1 Å². The van der Waals surface area contributed by atoms with Crippen LogP contribution < -0.4 is 14.4 Å². The van der Waals surface area contributed by atoms with Gasteiger partial charge in [0.2, 0.25) is 5.91 Å². The molecule has 0 spiro atoms. The van der Waals surface area contributed by atoms with Crippen molar-refractivity contribution < 1.29 is 33.4 Å². The van der Waals surface area contributed by atoms with Gasteiger partial charge in [0, 0.05) is 10.4 Å². The molecule has 0 saturated carbocycles. The van der Waals surface area contributed by atoms with Gasteiger partial charge < -0.3 is 19.1 Å². The molecule has 1 atom stereocenters. The van der Waals surface area contributed by atoms with Crippen LogP contribution in [-0.4, -0.2) is 55.5 Å². The Hall–Kier alpha value is -4.18. The Morgan fingerprint density at radius 2 is 1.70 bits per heavy atom. The highest BCUT2D eigenvalue weighted by Crippen LogP contribution is 2.31. The summed E-state index contributed by atoms with van der Waals surface area (Å²) in [5, 5.41) is 1.88. The number of esters is 1. The van der Waals surface area contributed by atoms with Gasteiger partial charge in [-0.15, -0.1) is 11.3 Å². The summed E-state index contributed by atoms with van der Waals surface area (Å²) in [6.07, 6.45) is -0.164. The molecule has 37 heavy (non-hydrogen) atoms. The summed E-state index contributed by atoms with van der Waals surface area (Å²) < 4.78 is 15.6. The van der Waals surface area contributed by atoms with Crippen LogP contribution in [0.25, 0.3) is 0 Å². The summed E-state index contributed by atoms with van der Waals surface area (Å²) in [6.45, 7) is 2.10. The summed E-state index contributed by atoms with van der Waals surface area (Å²) in [5.41, 5.74) is 0.927. The van der Waals surface area contributed by atoms with Crippen molar-refractivity contribution in [3.63, 3.8) is 0 Å². The molecular formula is C27H26N2O7S. The Labute approximate surface area is 218 Å². The van der Waals surface area contributed by atoms with E-state index in [1.165, 1.54) is 54.7 Å². The predicted octanol–water partition coefficient (Wildman–Crippen LogP) is 3.92. The summed E-state index contributed by atoms with van der Waals surface area (Å²) >= 11 is 1.45. The molecule has 3 amide bonds. The molecule has 1 unspecified atom stereocenters. The molecular weight excluding hydrogens is 496 g/mol. The maximum absolute atomic E-state index is 13.7. The first kappa shape index (κ1) is 25.9. The quantitative estimate of drug-likeness (QED) is 0.310. The molecule has 1 aliphatic rings. The number of benzene rings is 2. The van der Waals surface area contributed by atoms with Crippen molar-refractivity contribution in [1.29, 1.82) is 0 Å². The zero-order chi connectivity index (χ0) is 26.5. The minimum atomic E-state index is -1.00. The molecule has 0 radical (unpaired) electrons. The highest BCUT2D eigenvalue weighted by Gasteiger charge is 2.44. The monoisotopic (exact) mass is 522 g/mol. The normalized spacial score (nSPS) is 15.0. The van der Waals surface area contributed by atoms with Crippen molar-refractivity contribution in [2.75, 3.05) is 25.7 Å². The van der Waals surface area contributed by atoms with Gasteiger partial charge in [0.15, 0.2) is 11.5 Å². The zero-order valence-electron chi connectivity index (χ0n) is 20.6. The lowest BCUT2D eigenvalue weighted by molar-refractivity contribution is -0.122. The first-order valence-electron chi connectivity index (χ1n) is 11.6. The van der Waals surface area contributed by atoms with E-state index in [2.05, 4.69) is 0 Å². The van der Waals surface area contributed by atoms with Gasteiger partial charge in [-0.1, -0.05) is 6.07 Å². The van der Waals surface area contributed by atoms with E-state index >= 15 is 0 Å². The third-order valence-electron chi connectivity index (χ3n) is 5.93. The molecule has 1 aromatic heterocycles. The van der Waals surface area contributed by atoms with Crippen molar-refractivity contribution in [2.45, 2.75) is 25.9 Å². The number of nitrogens with zero attached hydrogens (tertiary/aromatic N) is 2. The average Bonchev–Trinajstić information content (AvgIpc) is 3.53. The van der Waals surface area contributed by atoms with Crippen molar-refractivity contribution in [3.05, 3.63) is 76.0 Å². The first-order chi connectivity index (χ1) is 17.9. The van der Waals surface area contributed by atoms with Crippen LogP contribution in [0.5, 0.6) is 11.5 Å². The Morgan fingerprint density at radius 3 is 2.32 bits per heavy atom. The molecule has 0 aliphatic carbocycles. The molecule has 1 fully saturated rings. The topological polar surface area (TPSA) is 102 Å². The van der Waals surface area contributed by atoms with Crippen LogP contribution in [0.3, 0.4) is 0 Å². The third-order valence-corrected chi connectivity index (χ3v) is 6.79. The number of methoxy groups -OCH3 is 2. The van der Waals surface area contributed by atoms with Gasteiger partial charge in [0.05, 0.1) is 45.0 Å². The van der Waals surface area contributed by atoms with Crippen LogP contribution in [0.15, 0.2) is 60.0 Å². The predicted molar refractivity (Wildman–Crippen MR) is 137 cm³/mol.